The van der Waals surface area contributed by atoms with Gasteiger partial charge in [-0.1, -0.05) is 29.8 Å². The molecule has 0 bridgehead atoms. The zero-order valence-electron chi connectivity index (χ0n) is 11.6. The van der Waals surface area contributed by atoms with E-state index in [9.17, 15) is 13.5 Å². The molecule has 0 aliphatic carbocycles. The lowest BCUT2D eigenvalue weighted by atomic mass is 10.2. The standard InChI is InChI=1S/C15H15NO4S/c1-11-3-9-14(10-4-11)21(18,19)16-15(17)12-5-7-13(20-2)8-6-12/h3-10H,1-2H3,(H,16,17)/p-1. The Morgan fingerprint density at radius 1 is 1.05 bits per heavy atom. The number of rotatable bonds is 4. The molecule has 0 fully saturated rings. The minimum absolute atomic E-state index is 0.00467. The maximum atomic E-state index is 12.0. The summed E-state index contributed by atoms with van der Waals surface area (Å²) in [6, 6.07) is 12.2. The molecule has 0 saturated heterocycles. The van der Waals surface area contributed by atoms with Crippen LogP contribution in [0.2, 0.25) is 0 Å². The van der Waals surface area contributed by atoms with Gasteiger partial charge in [0, 0.05) is 5.90 Å². The summed E-state index contributed by atoms with van der Waals surface area (Å²) >= 11 is 0. The largest absolute Gasteiger partial charge is 0.858 e. The van der Waals surface area contributed by atoms with Gasteiger partial charge >= 0.3 is 0 Å². The Morgan fingerprint density at radius 3 is 2.14 bits per heavy atom. The number of ether oxygens (including phenoxy) is 1. The molecule has 0 unspecified atom stereocenters. The van der Waals surface area contributed by atoms with Crippen LogP contribution in [0.15, 0.2) is 57.8 Å². The first kappa shape index (κ1) is 15.1. The number of methoxy groups -OCH3 is 1. The summed E-state index contributed by atoms with van der Waals surface area (Å²) in [6.45, 7) is 1.84. The smallest absolute Gasteiger partial charge is 0.281 e. The lowest BCUT2D eigenvalue weighted by molar-refractivity contribution is -0.212. The van der Waals surface area contributed by atoms with Gasteiger partial charge in [0.25, 0.3) is 10.0 Å². The van der Waals surface area contributed by atoms with Crippen LogP contribution in [0, 0.1) is 6.92 Å². The third kappa shape index (κ3) is 3.61. The Labute approximate surface area is 123 Å². The molecule has 5 nitrogen and oxygen atoms in total. The number of sulfonamides is 1. The first-order valence-electron chi connectivity index (χ1n) is 6.15. The Kier molecular flexibility index (Phi) is 4.28. The Bertz CT molecular complexity index is 747. The molecule has 2 aromatic rings. The minimum atomic E-state index is -4.00. The van der Waals surface area contributed by atoms with Crippen molar-refractivity contribution >= 4 is 15.9 Å². The molecular formula is C15H14NO4S-. The fourth-order valence-corrected chi connectivity index (χ4v) is 2.57. The highest BCUT2D eigenvalue weighted by Gasteiger charge is 2.11. The van der Waals surface area contributed by atoms with Gasteiger partial charge in [0.2, 0.25) is 0 Å². The molecule has 0 heterocycles. The molecule has 0 aromatic heterocycles. The number of hydrogen-bond acceptors (Lipinski definition) is 4. The predicted octanol–water partition coefficient (Wildman–Crippen LogP) is 1.50. The summed E-state index contributed by atoms with van der Waals surface area (Å²) in [7, 11) is -2.49. The van der Waals surface area contributed by atoms with Gasteiger partial charge in [0.15, 0.2) is 0 Å². The summed E-state index contributed by atoms with van der Waals surface area (Å²) in [5, 5.41) is 11.9. The van der Waals surface area contributed by atoms with E-state index in [0.29, 0.717) is 5.75 Å². The van der Waals surface area contributed by atoms with Crippen molar-refractivity contribution in [3.8, 4) is 5.75 Å². The van der Waals surface area contributed by atoms with Crippen LogP contribution in [0.3, 0.4) is 0 Å². The summed E-state index contributed by atoms with van der Waals surface area (Å²) < 4.78 is 32.4. The van der Waals surface area contributed by atoms with E-state index in [1.54, 1.807) is 24.3 Å². The first-order valence-corrected chi connectivity index (χ1v) is 7.59. The monoisotopic (exact) mass is 304 g/mol. The molecule has 0 aliphatic rings. The molecule has 0 N–H and O–H groups in total. The topological polar surface area (TPSA) is 78.8 Å². The van der Waals surface area contributed by atoms with E-state index in [2.05, 4.69) is 4.40 Å². The highest BCUT2D eigenvalue weighted by atomic mass is 32.2. The molecule has 0 spiro atoms. The van der Waals surface area contributed by atoms with Gasteiger partial charge < -0.3 is 9.84 Å². The summed E-state index contributed by atoms with van der Waals surface area (Å²) in [5.41, 5.74) is 1.11. The van der Waals surface area contributed by atoms with Crippen LogP contribution in [0.1, 0.15) is 11.1 Å². The van der Waals surface area contributed by atoms with Crippen molar-refractivity contribution in [3.05, 3.63) is 59.7 Å². The molecule has 0 aliphatic heterocycles. The third-order valence-corrected chi connectivity index (χ3v) is 4.13. The van der Waals surface area contributed by atoms with Gasteiger partial charge in [-0.25, -0.2) is 0 Å². The van der Waals surface area contributed by atoms with Crippen LogP contribution in [-0.4, -0.2) is 21.4 Å². The summed E-state index contributed by atoms with van der Waals surface area (Å²) in [6.07, 6.45) is 0. The van der Waals surface area contributed by atoms with Crippen LogP contribution in [0.5, 0.6) is 5.75 Å². The van der Waals surface area contributed by atoms with Crippen molar-refractivity contribution in [2.45, 2.75) is 11.8 Å². The zero-order chi connectivity index (χ0) is 15.5. The molecule has 110 valence electrons. The molecule has 21 heavy (non-hydrogen) atoms. The maximum Gasteiger partial charge on any atom is 0.281 e. The van der Waals surface area contributed by atoms with Gasteiger partial charge in [-0.05, 0) is 36.8 Å². The average Bonchev–Trinajstić information content (AvgIpc) is 2.47. The second-order valence-electron chi connectivity index (χ2n) is 4.41. The number of nitrogens with zero attached hydrogens (tertiary/aromatic N) is 1. The first-order chi connectivity index (χ1) is 9.92. The van der Waals surface area contributed by atoms with Crippen LogP contribution >= 0.6 is 0 Å². The summed E-state index contributed by atoms with van der Waals surface area (Å²) in [5.74, 6) is -0.230. The van der Waals surface area contributed by atoms with Crippen molar-refractivity contribution in [2.75, 3.05) is 7.11 Å². The van der Waals surface area contributed by atoms with Crippen molar-refractivity contribution < 1.29 is 18.3 Å². The third-order valence-electron chi connectivity index (χ3n) is 2.86. The summed E-state index contributed by atoms with van der Waals surface area (Å²) in [4.78, 5) is -0.00467. The average molecular weight is 304 g/mol. The van der Waals surface area contributed by atoms with E-state index < -0.39 is 15.9 Å². The lowest BCUT2D eigenvalue weighted by Crippen LogP contribution is -2.20. The highest BCUT2D eigenvalue weighted by molar-refractivity contribution is 7.90. The van der Waals surface area contributed by atoms with Crippen molar-refractivity contribution in [3.63, 3.8) is 0 Å². The Morgan fingerprint density at radius 2 is 1.62 bits per heavy atom. The Balaban J connectivity index is 2.33. The van der Waals surface area contributed by atoms with E-state index in [1.807, 2.05) is 6.92 Å². The van der Waals surface area contributed by atoms with Gasteiger partial charge in [-0.15, -0.1) is 0 Å². The molecule has 2 aromatic carbocycles. The molecular weight excluding hydrogens is 290 g/mol. The molecule has 0 atom stereocenters. The number of aryl methyl sites for hydroxylation is 1. The van der Waals surface area contributed by atoms with Gasteiger partial charge in [-0.2, -0.15) is 12.8 Å². The van der Waals surface area contributed by atoms with Crippen molar-refractivity contribution in [1.29, 1.82) is 0 Å². The van der Waals surface area contributed by atoms with Gasteiger partial charge in [-0.3, -0.25) is 0 Å². The molecule has 0 radical (unpaired) electrons. The van der Waals surface area contributed by atoms with E-state index in [4.69, 9.17) is 4.74 Å². The molecule has 6 heteroatoms. The van der Waals surface area contributed by atoms with Gasteiger partial charge in [0.05, 0.1) is 12.0 Å². The normalized spacial score (nSPS) is 12.2. The quantitative estimate of drug-likeness (QED) is 0.633. The Hall–Kier alpha value is -2.34. The van der Waals surface area contributed by atoms with Gasteiger partial charge in [0.1, 0.15) is 5.75 Å². The van der Waals surface area contributed by atoms with Crippen LogP contribution < -0.4 is 9.84 Å². The minimum Gasteiger partial charge on any atom is -0.858 e. The second kappa shape index (κ2) is 5.97. The molecule has 0 amide bonds. The SMILES string of the molecule is COc1ccc(C([O-])=NS(=O)(=O)c2ccc(C)cc2)cc1. The molecule has 0 saturated carbocycles. The van der Waals surface area contributed by atoms with Crippen molar-refractivity contribution in [2.24, 2.45) is 4.40 Å². The number of benzene rings is 2. The van der Waals surface area contributed by atoms with E-state index in [0.717, 1.165) is 5.56 Å². The van der Waals surface area contributed by atoms with Crippen molar-refractivity contribution in [1.82, 2.24) is 0 Å². The second-order valence-corrected chi connectivity index (χ2v) is 6.02. The van der Waals surface area contributed by atoms with Crippen LogP contribution in [-0.2, 0) is 10.0 Å². The zero-order valence-corrected chi connectivity index (χ0v) is 12.4. The van der Waals surface area contributed by atoms with Crippen LogP contribution in [0.4, 0.5) is 0 Å². The number of hydrogen-bond donors (Lipinski definition) is 0. The fourth-order valence-electron chi connectivity index (χ4n) is 1.66. The van der Waals surface area contributed by atoms with E-state index >= 15 is 0 Å². The fraction of sp³-hybridized carbons (Fsp3) is 0.133. The maximum absolute atomic E-state index is 12.0. The lowest BCUT2D eigenvalue weighted by Gasteiger charge is -2.11. The van der Waals surface area contributed by atoms with Crippen LogP contribution in [0.25, 0.3) is 0 Å². The van der Waals surface area contributed by atoms with E-state index in [1.165, 1.54) is 31.4 Å². The predicted molar refractivity (Wildman–Crippen MR) is 77.9 cm³/mol. The highest BCUT2D eigenvalue weighted by Crippen LogP contribution is 2.15. The molecule has 2 rings (SSSR count). The van der Waals surface area contributed by atoms with E-state index in [-0.39, 0.29) is 10.5 Å².